The number of benzene rings is 1. The zero-order valence-corrected chi connectivity index (χ0v) is 11.6. The molecule has 0 amide bonds. The van der Waals surface area contributed by atoms with E-state index in [1.54, 1.807) is 0 Å². The molecule has 1 unspecified atom stereocenters. The van der Waals surface area contributed by atoms with Gasteiger partial charge in [-0.25, -0.2) is 4.98 Å². The smallest absolute Gasteiger partial charge is 0.121 e. The van der Waals surface area contributed by atoms with E-state index < -0.39 is 0 Å². The number of nitrogens with one attached hydrogen (secondary N) is 1. The molecule has 4 heteroatoms. The number of imidazole rings is 1. The van der Waals surface area contributed by atoms with Gasteiger partial charge in [0.15, 0.2) is 0 Å². The van der Waals surface area contributed by atoms with Crippen molar-refractivity contribution >= 4 is 11.0 Å². The zero-order chi connectivity index (χ0) is 13.2. The lowest BCUT2D eigenvalue weighted by Gasteiger charge is -2.18. The molecule has 0 aliphatic carbocycles. The molecule has 1 fully saturated rings. The molecule has 1 aliphatic heterocycles. The Hall–Kier alpha value is -1.39. The summed E-state index contributed by atoms with van der Waals surface area (Å²) in [4.78, 5) is 10.4. The maximum atomic E-state index is 5.42. The highest BCUT2D eigenvalue weighted by molar-refractivity contribution is 5.78. The van der Waals surface area contributed by atoms with Crippen molar-refractivity contribution in [2.24, 2.45) is 5.92 Å². The lowest BCUT2D eigenvalue weighted by atomic mass is 10.1. The average Bonchev–Trinajstić information content (AvgIpc) is 2.98. The Kier molecular flexibility index (Phi) is 3.53. The van der Waals surface area contributed by atoms with Gasteiger partial charge >= 0.3 is 0 Å². The van der Waals surface area contributed by atoms with Crippen LogP contribution in [0.5, 0.6) is 0 Å². The molecule has 1 atom stereocenters. The lowest BCUT2D eigenvalue weighted by Crippen LogP contribution is -2.26. The number of hydrogen-bond donors (Lipinski definition) is 1. The summed E-state index contributed by atoms with van der Waals surface area (Å²) >= 11 is 0. The van der Waals surface area contributed by atoms with Gasteiger partial charge in [0.25, 0.3) is 0 Å². The molecule has 0 radical (unpaired) electrons. The Morgan fingerprint density at radius 2 is 2.37 bits per heavy atom. The van der Waals surface area contributed by atoms with Gasteiger partial charge in [-0.15, -0.1) is 0 Å². The monoisotopic (exact) mass is 259 g/mol. The predicted octanol–water partition coefficient (Wildman–Crippen LogP) is 2.34. The number of H-pyrrole nitrogens is 1. The van der Waals surface area contributed by atoms with Gasteiger partial charge < -0.3 is 9.72 Å². The number of rotatable bonds is 4. The third kappa shape index (κ3) is 2.80. The van der Waals surface area contributed by atoms with E-state index in [2.05, 4.69) is 42.1 Å². The fourth-order valence-electron chi connectivity index (χ4n) is 2.79. The number of nitrogens with zero attached hydrogens (tertiary/aromatic N) is 2. The van der Waals surface area contributed by atoms with Gasteiger partial charge in [0.1, 0.15) is 5.82 Å². The molecule has 2 aromatic rings. The molecular weight excluding hydrogens is 238 g/mol. The molecule has 19 heavy (non-hydrogen) atoms. The molecular formula is C15H21N3O. The summed E-state index contributed by atoms with van der Waals surface area (Å²) < 4.78 is 5.42. The third-order valence-corrected chi connectivity index (χ3v) is 3.78. The SMILES string of the molecule is Cc1cccc2[nH]c(CN(C)CC3CCOC3)nc12. The van der Waals surface area contributed by atoms with Crippen LogP contribution in [0.4, 0.5) is 0 Å². The second-order valence-corrected chi connectivity index (χ2v) is 5.58. The minimum Gasteiger partial charge on any atom is -0.381 e. The van der Waals surface area contributed by atoms with Crippen LogP contribution < -0.4 is 0 Å². The van der Waals surface area contributed by atoms with Crippen LogP contribution in [0.1, 0.15) is 17.8 Å². The van der Waals surface area contributed by atoms with Crippen LogP contribution in [-0.4, -0.2) is 41.7 Å². The van der Waals surface area contributed by atoms with Crippen molar-refractivity contribution in [1.82, 2.24) is 14.9 Å². The second-order valence-electron chi connectivity index (χ2n) is 5.58. The largest absolute Gasteiger partial charge is 0.381 e. The van der Waals surface area contributed by atoms with E-state index >= 15 is 0 Å². The summed E-state index contributed by atoms with van der Waals surface area (Å²) in [7, 11) is 2.15. The number of fused-ring (bicyclic) bond motifs is 1. The number of aromatic amines is 1. The summed E-state index contributed by atoms with van der Waals surface area (Å²) in [5.74, 6) is 1.72. The molecule has 0 bridgehead atoms. The minimum atomic E-state index is 0.677. The molecule has 1 aromatic carbocycles. The van der Waals surface area contributed by atoms with E-state index in [0.717, 1.165) is 43.2 Å². The molecule has 1 N–H and O–H groups in total. The van der Waals surface area contributed by atoms with Crippen molar-refractivity contribution in [1.29, 1.82) is 0 Å². The van der Waals surface area contributed by atoms with Crippen LogP contribution in [0.3, 0.4) is 0 Å². The first-order chi connectivity index (χ1) is 9.22. The number of ether oxygens (including phenoxy) is 1. The molecule has 1 aromatic heterocycles. The third-order valence-electron chi connectivity index (χ3n) is 3.78. The molecule has 1 saturated heterocycles. The molecule has 3 rings (SSSR count). The topological polar surface area (TPSA) is 41.2 Å². The molecule has 0 spiro atoms. The Bertz CT molecular complexity index is 558. The summed E-state index contributed by atoms with van der Waals surface area (Å²) in [5.41, 5.74) is 3.45. The van der Waals surface area contributed by atoms with Gasteiger partial charge in [0, 0.05) is 13.2 Å². The molecule has 2 heterocycles. The van der Waals surface area contributed by atoms with Crippen LogP contribution in [0.25, 0.3) is 11.0 Å². The van der Waals surface area contributed by atoms with Crippen LogP contribution in [0.15, 0.2) is 18.2 Å². The standard InChI is InChI=1S/C15H21N3O/c1-11-4-3-5-13-15(11)17-14(16-13)9-18(2)8-12-6-7-19-10-12/h3-5,12H,6-10H2,1-2H3,(H,16,17). The highest BCUT2D eigenvalue weighted by atomic mass is 16.5. The quantitative estimate of drug-likeness (QED) is 0.916. The van der Waals surface area contributed by atoms with Gasteiger partial charge in [0.05, 0.1) is 24.2 Å². The predicted molar refractivity (Wildman–Crippen MR) is 76.1 cm³/mol. The van der Waals surface area contributed by atoms with E-state index in [-0.39, 0.29) is 0 Å². The second kappa shape index (κ2) is 5.31. The van der Waals surface area contributed by atoms with Crippen molar-refractivity contribution in [3.05, 3.63) is 29.6 Å². The van der Waals surface area contributed by atoms with Crippen LogP contribution in [-0.2, 0) is 11.3 Å². The Morgan fingerprint density at radius 3 is 3.11 bits per heavy atom. The minimum absolute atomic E-state index is 0.677. The van der Waals surface area contributed by atoms with Crippen molar-refractivity contribution in [2.75, 3.05) is 26.8 Å². The Morgan fingerprint density at radius 1 is 1.47 bits per heavy atom. The van der Waals surface area contributed by atoms with Gasteiger partial charge in [-0.2, -0.15) is 0 Å². The Balaban J connectivity index is 1.68. The normalized spacial score (nSPS) is 19.6. The summed E-state index contributed by atoms with van der Waals surface area (Å²) in [6.07, 6.45) is 1.18. The van der Waals surface area contributed by atoms with Gasteiger partial charge in [0.2, 0.25) is 0 Å². The van der Waals surface area contributed by atoms with Gasteiger partial charge in [-0.1, -0.05) is 12.1 Å². The molecule has 1 aliphatic rings. The number of aromatic nitrogens is 2. The fraction of sp³-hybridized carbons (Fsp3) is 0.533. The van der Waals surface area contributed by atoms with Crippen LogP contribution >= 0.6 is 0 Å². The van der Waals surface area contributed by atoms with Crippen LogP contribution in [0, 0.1) is 12.8 Å². The number of para-hydroxylation sites is 1. The van der Waals surface area contributed by atoms with Gasteiger partial charge in [-0.05, 0) is 37.9 Å². The van der Waals surface area contributed by atoms with Crippen molar-refractivity contribution in [3.8, 4) is 0 Å². The fourth-order valence-corrected chi connectivity index (χ4v) is 2.79. The summed E-state index contributed by atoms with van der Waals surface area (Å²) in [6.45, 7) is 5.87. The maximum Gasteiger partial charge on any atom is 0.121 e. The highest BCUT2D eigenvalue weighted by Gasteiger charge is 2.18. The Labute approximate surface area is 113 Å². The van der Waals surface area contributed by atoms with E-state index in [4.69, 9.17) is 9.72 Å². The van der Waals surface area contributed by atoms with Crippen molar-refractivity contribution in [2.45, 2.75) is 19.9 Å². The first kappa shape index (κ1) is 12.6. The van der Waals surface area contributed by atoms with E-state index in [9.17, 15) is 0 Å². The highest BCUT2D eigenvalue weighted by Crippen LogP contribution is 2.17. The average molecular weight is 259 g/mol. The summed E-state index contributed by atoms with van der Waals surface area (Å²) in [6, 6.07) is 6.26. The van der Waals surface area contributed by atoms with Gasteiger partial charge in [-0.3, -0.25) is 4.90 Å². The number of hydrogen-bond acceptors (Lipinski definition) is 3. The maximum absolute atomic E-state index is 5.42. The first-order valence-electron chi connectivity index (χ1n) is 6.93. The van der Waals surface area contributed by atoms with E-state index in [1.807, 2.05) is 0 Å². The van der Waals surface area contributed by atoms with Crippen molar-refractivity contribution in [3.63, 3.8) is 0 Å². The molecule has 0 saturated carbocycles. The zero-order valence-electron chi connectivity index (χ0n) is 11.6. The first-order valence-corrected chi connectivity index (χ1v) is 6.93. The van der Waals surface area contributed by atoms with Crippen LogP contribution in [0.2, 0.25) is 0 Å². The molecule has 4 nitrogen and oxygen atoms in total. The lowest BCUT2D eigenvalue weighted by molar-refractivity contribution is 0.172. The van der Waals surface area contributed by atoms with E-state index in [0.29, 0.717) is 5.92 Å². The summed E-state index contributed by atoms with van der Waals surface area (Å²) in [5, 5.41) is 0. The number of aryl methyl sites for hydroxylation is 1. The molecule has 102 valence electrons. The van der Waals surface area contributed by atoms with Crippen molar-refractivity contribution < 1.29 is 4.74 Å². The van der Waals surface area contributed by atoms with E-state index in [1.165, 1.54) is 12.0 Å².